The maximum absolute atomic E-state index is 12.8. The number of anilines is 1. The quantitative estimate of drug-likeness (QED) is 0.920. The lowest BCUT2D eigenvalue weighted by molar-refractivity contribution is -0.117. The predicted molar refractivity (Wildman–Crippen MR) is 64.9 cm³/mol. The summed E-state index contributed by atoms with van der Waals surface area (Å²) in [6.07, 6.45) is 0.755. The SMILES string of the molecule is Cc1noc(NC(=O)[C@@H]2C[C@H]2c2ccc(F)cc2)n1. The smallest absolute Gasteiger partial charge is 0.315 e. The number of aryl methyl sites for hydroxylation is 1. The average molecular weight is 261 g/mol. The van der Waals surface area contributed by atoms with Gasteiger partial charge in [-0.05, 0) is 37.0 Å². The van der Waals surface area contributed by atoms with Crippen LogP contribution >= 0.6 is 0 Å². The number of amides is 1. The molecule has 1 aliphatic carbocycles. The van der Waals surface area contributed by atoms with Gasteiger partial charge in [-0.3, -0.25) is 10.1 Å². The Bertz CT molecular complexity index is 609. The number of rotatable bonds is 3. The summed E-state index contributed by atoms with van der Waals surface area (Å²) in [5.74, 6) is 0.0909. The van der Waals surface area contributed by atoms with Crippen molar-refractivity contribution in [3.8, 4) is 0 Å². The molecule has 0 saturated heterocycles. The molecule has 1 aliphatic rings. The van der Waals surface area contributed by atoms with Crippen LogP contribution in [0.1, 0.15) is 23.7 Å². The molecular weight excluding hydrogens is 249 g/mol. The van der Waals surface area contributed by atoms with Gasteiger partial charge in [0.15, 0.2) is 5.82 Å². The minimum atomic E-state index is -0.272. The molecule has 1 aromatic carbocycles. The first-order valence-corrected chi connectivity index (χ1v) is 6.00. The lowest BCUT2D eigenvalue weighted by atomic mass is 10.1. The van der Waals surface area contributed by atoms with Gasteiger partial charge in [-0.1, -0.05) is 17.3 Å². The van der Waals surface area contributed by atoms with Crippen LogP contribution < -0.4 is 5.32 Å². The molecule has 6 heteroatoms. The summed E-state index contributed by atoms with van der Waals surface area (Å²) >= 11 is 0. The fraction of sp³-hybridized carbons (Fsp3) is 0.308. The number of aromatic nitrogens is 2. The van der Waals surface area contributed by atoms with Crippen molar-refractivity contribution in [2.24, 2.45) is 5.92 Å². The second-order valence-corrected chi connectivity index (χ2v) is 4.64. The van der Waals surface area contributed by atoms with Gasteiger partial charge in [0.2, 0.25) is 5.91 Å². The van der Waals surface area contributed by atoms with Gasteiger partial charge in [-0.2, -0.15) is 4.98 Å². The summed E-state index contributed by atoms with van der Waals surface area (Å²) in [7, 11) is 0. The zero-order chi connectivity index (χ0) is 13.4. The lowest BCUT2D eigenvalue weighted by Gasteiger charge is -2.00. The summed E-state index contributed by atoms with van der Waals surface area (Å²) in [6, 6.07) is 6.36. The molecule has 0 unspecified atom stereocenters. The van der Waals surface area contributed by atoms with Crippen LogP contribution in [0.3, 0.4) is 0 Å². The molecule has 0 spiro atoms. The van der Waals surface area contributed by atoms with Crippen molar-refractivity contribution in [1.29, 1.82) is 0 Å². The van der Waals surface area contributed by atoms with Gasteiger partial charge in [-0.15, -0.1) is 0 Å². The predicted octanol–water partition coefficient (Wildman–Crippen LogP) is 2.26. The molecule has 1 aromatic heterocycles. The topological polar surface area (TPSA) is 68.0 Å². The van der Waals surface area contributed by atoms with Crippen LogP contribution in [0, 0.1) is 18.7 Å². The molecule has 0 radical (unpaired) electrons. The van der Waals surface area contributed by atoms with Crippen LogP contribution in [0.15, 0.2) is 28.8 Å². The molecule has 0 aliphatic heterocycles. The van der Waals surface area contributed by atoms with E-state index in [0.29, 0.717) is 5.82 Å². The molecule has 1 heterocycles. The van der Waals surface area contributed by atoms with E-state index in [1.807, 2.05) is 0 Å². The normalized spacial score (nSPS) is 21.2. The zero-order valence-electron chi connectivity index (χ0n) is 10.3. The van der Waals surface area contributed by atoms with Gasteiger partial charge >= 0.3 is 6.01 Å². The first-order chi connectivity index (χ1) is 9.13. The van der Waals surface area contributed by atoms with Crippen molar-refractivity contribution in [2.75, 3.05) is 5.32 Å². The van der Waals surface area contributed by atoms with E-state index in [9.17, 15) is 9.18 Å². The Hall–Kier alpha value is -2.24. The first-order valence-electron chi connectivity index (χ1n) is 6.00. The second kappa shape index (κ2) is 4.46. The molecule has 19 heavy (non-hydrogen) atoms. The average Bonchev–Trinajstić information content (AvgIpc) is 3.08. The van der Waals surface area contributed by atoms with E-state index >= 15 is 0 Å². The van der Waals surface area contributed by atoms with Crippen molar-refractivity contribution >= 4 is 11.9 Å². The lowest BCUT2D eigenvalue weighted by Crippen LogP contribution is -2.14. The Balaban J connectivity index is 1.63. The van der Waals surface area contributed by atoms with Crippen molar-refractivity contribution in [2.45, 2.75) is 19.3 Å². The second-order valence-electron chi connectivity index (χ2n) is 4.64. The van der Waals surface area contributed by atoms with Gasteiger partial charge in [0.25, 0.3) is 0 Å². The number of halogens is 1. The molecular formula is C13H12FN3O2. The zero-order valence-corrected chi connectivity index (χ0v) is 10.3. The van der Waals surface area contributed by atoms with Crippen LogP contribution in [-0.4, -0.2) is 16.0 Å². The third kappa shape index (κ3) is 2.47. The van der Waals surface area contributed by atoms with Crippen molar-refractivity contribution in [1.82, 2.24) is 10.1 Å². The largest absolute Gasteiger partial charge is 0.328 e. The van der Waals surface area contributed by atoms with E-state index in [1.54, 1.807) is 19.1 Å². The summed E-state index contributed by atoms with van der Waals surface area (Å²) in [4.78, 5) is 15.8. The van der Waals surface area contributed by atoms with Gasteiger partial charge in [0.05, 0.1) is 0 Å². The Morgan fingerprint density at radius 2 is 2.16 bits per heavy atom. The molecule has 1 fully saturated rings. The summed E-state index contributed by atoms with van der Waals surface area (Å²) in [5.41, 5.74) is 0.975. The standard InChI is InChI=1S/C13H12FN3O2/c1-7-15-13(19-17-7)16-12(18)11-6-10(11)8-2-4-9(14)5-3-8/h2-5,10-11H,6H2,1H3,(H,15,16,17,18)/t10-,11+/m0/s1. The monoisotopic (exact) mass is 261 g/mol. The Morgan fingerprint density at radius 3 is 2.79 bits per heavy atom. The number of nitrogens with zero attached hydrogens (tertiary/aromatic N) is 2. The molecule has 5 nitrogen and oxygen atoms in total. The fourth-order valence-corrected chi connectivity index (χ4v) is 2.11. The van der Waals surface area contributed by atoms with E-state index in [4.69, 9.17) is 4.52 Å². The van der Waals surface area contributed by atoms with Crippen LogP contribution in [0.4, 0.5) is 10.4 Å². The highest BCUT2D eigenvalue weighted by atomic mass is 19.1. The number of benzene rings is 1. The van der Waals surface area contributed by atoms with E-state index in [1.165, 1.54) is 12.1 Å². The molecule has 1 amide bonds. The molecule has 0 bridgehead atoms. The summed E-state index contributed by atoms with van der Waals surface area (Å²) in [5, 5.41) is 6.18. The number of carbonyl (C=O) groups excluding carboxylic acids is 1. The molecule has 1 saturated carbocycles. The van der Waals surface area contributed by atoms with Crippen LogP contribution in [0.5, 0.6) is 0 Å². The van der Waals surface area contributed by atoms with Crippen molar-refractivity contribution in [3.05, 3.63) is 41.5 Å². The van der Waals surface area contributed by atoms with Crippen molar-refractivity contribution in [3.63, 3.8) is 0 Å². The number of hydrogen-bond donors (Lipinski definition) is 1. The molecule has 3 rings (SSSR count). The van der Waals surface area contributed by atoms with Crippen LogP contribution in [-0.2, 0) is 4.79 Å². The Morgan fingerprint density at radius 1 is 1.42 bits per heavy atom. The minimum absolute atomic E-state index is 0.113. The highest BCUT2D eigenvalue weighted by Gasteiger charge is 2.44. The fourth-order valence-electron chi connectivity index (χ4n) is 2.11. The van der Waals surface area contributed by atoms with Crippen LogP contribution in [0.25, 0.3) is 0 Å². The van der Waals surface area contributed by atoms with E-state index in [2.05, 4.69) is 15.5 Å². The third-order valence-corrected chi connectivity index (χ3v) is 3.18. The molecule has 2 aromatic rings. The molecule has 98 valence electrons. The molecule has 1 N–H and O–H groups in total. The van der Waals surface area contributed by atoms with E-state index < -0.39 is 0 Å². The minimum Gasteiger partial charge on any atom is -0.315 e. The number of carbonyl (C=O) groups is 1. The molecule has 2 atom stereocenters. The van der Waals surface area contributed by atoms with Crippen molar-refractivity contribution < 1.29 is 13.7 Å². The number of hydrogen-bond acceptors (Lipinski definition) is 4. The third-order valence-electron chi connectivity index (χ3n) is 3.18. The van der Waals surface area contributed by atoms with Crippen LogP contribution in [0.2, 0.25) is 0 Å². The van der Waals surface area contributed by atoms with E-state index in [-0.39, 0.29) is 29.6 Å². The highest BCUT2D eigenvalue weighted by Crippen LogP contribution is 2.47. The van der Waals surface area contributed by atoms with E-state index in [0.717, 1.165) is 12.0 Å². The van der Waals surface area contributed by atoms with Gasteiger partial charge in [0, 0.05) is 5.92 Å². The summed E-state index contributed by atoms with van der Waals surface area (Å²) < 4.78 is 17.6. The maximum atomic E-state index is 12.8. The first kappa shape index (κ1) is 11.8. The van der Waals surface area contributed by atoms with Gasteiger partial charge in [-0.25, -0.2) is 4.39 Å². The summed E-state index contributed by atoms with van der Waals surface area (Å²) in [6.45, 7) is 1.68. The highest BCUT2D eigenvalue weighted by molar-refractivity contribution is 5.93. The van der Waals surface area contributed by atoms with Gasteiger partial charge < -0.3 is 4.52 Å². The number of nitrogens with one attached hydrogen (secondary N) is 1. The maximum Gasteiger partial charge on any atom is 0.328 e. The van der Waals surface area contributed by atoms with Gasteiger partial charge in [0.1, 0.15) is 5.82 Å². The Kier molecular flexibility index (Phi) is 2.77. The Labute approximate surface area is 108 Å².